The monoisotopic (exact) mass is 274 g/mol. The molecule has 0 saturated heterocycles. The average molecular weight is 274 g/mol. The third kappa shape index (κ3) is 2.95. The molecule has 0 bridgehead atoms. The molecule has 2 amide bonds. The number of rotatable bonds is 1. The number of urea groups is 1. The van der Waals surface area contributed by atoms with Gasteiger partial charge in [0.25, 0.3) is 0 Å². The number of nitrogens with zero attached hydrogens (tertiary/aromatic N) is 1. The van der Waals surface area contributed by atoms with Crippen molar-refractivity contribution < 1.29 is 18.0 Å². The highest BCUT2D eigenvalue weighted by molar-refractivity contribution is 6.03. The van der Waals surface area contributed by atoms with Crippen molar-refractivity contribution in [2.45, 2.75) is 13.8 Å². The zero-order valence-electron chi connectivity index (χ0n) is 10.6. The van der Waals surface area contributed by atoms with Crippen LogP contribution >= 0.6 is 0 Å². The molecular weight excluding hydrogens is 261 g/mol. The van der Waals surface area contributed by atoms with Crippen molar-refractivity contribution in [2.24, 2.45) is 10.7 Å². The van der Waals surface area contributed by atoms with Gasteiger partial charge in [0.15, 0.2) is 17.5 Å². The van der Waals surface area contributed by atoms with Gasteiger partial charge in [0.1, 0.15) is 0 Å². The van der Waals surface area contributed by atoms with E-state index in [9.17, 15) is 18.0 Å². The molecule has 0 unspecified atom stereocenters. The maximum absolute atomic E-state index is 13.7. The van der Waals surface area contributed by atoms with Gasteiger partial charge < -0.3 is 11.1 Å². The second-order valence-corrected chi connectivity index (χ2v) is 3.75. The highest BCUT2D eigenvalue weighted by atomic mass is 19.2. The van der Waals surface area contributed by atoms with E-state index in [2.05, 4.69) is 15.6 Å². The van der Waals surface area contributed by atoms with E-state index in [0.29, 0.717) is 0 Å². The molecule has 0 fully saturated rings. The molecule has 8 heteroatoms. The Morgan fingerprint density at radius 2 is 1.68 bits per heavy atom. The smallest absolute Gasteiger partial charge is 0.318 e. The molecule has 0 aliphatic carbocycles. The van der Waals surface area contributed by atoms with Crippen molar-refractivity contribution in [1.29, 1.82) is 0 Å². The Bertz CT molecular complexity index is 528. The summed E-state index contributed by atoms with van der Waals surface area (Å²) in [6.45, 7) is 2.71. The van der Waals surface area contributed by atoms with Crippen LogP contribution in [0.3, 0.4) is 0 Å². The van der Waals surface area contributed by atoms with Gasteiger partial charge in [0.2, 0.25) is 5.96 Å². The van der Waals surface area contributed by atoms with Crippen LogP contribution in [0.2, 0.25) is 0 Å². The summed E-state index contributed by atoms with van der Waals surface area (Å²) in [6, 6.07) is -0.925. The van der Waals surface area contributed by atoms with Gasteiger partial charge in [-0.2, -0.15) is 0 Å². The normalized spacial score (nSPS) is 11.4. The molecule has 0 radical (unpaired) electrons. The van der Waals surface area contributed by atoms with Crippen molar-refractivity contribution in [1.82, 2.24) is 5.32 Å². The molecule has 5 nitrogen and oxygen atoms in total. The summed E-state index contributed by atoms with van der Waals surface area (Å²) >= 11 is 0. The van der Waals surface area contributed by atoms with E-state index in [4.69, 9.17) is 5.73 Å². The SMILES string of the molecule is CN=C(NC(N)=O)Nc1c(C)c(C)c(F)c(F)c1F. The molecule has 0 aromatic heterocycles. The van der Waals surface area contributed by atoms with Crippen LogP contribution in [0.25, 0.3) is 0 Å². The Kier molecular flexibility index (Phi) is 4.36. The number of aliphatic imine (C=N–C) groups is 1. The Labute approximate surface area is 107 Å². The lowest BCUT2D eigenvalue weighted by Gasteiger charge is -2.15. The number of guanidine groups is 1. The number of nitrogens with two attached hydrogens (primary N) is 1. The molecule has 0 spiro atoms. The van der Waals surface area contributed by atoms with Crippen molar-refractivity contribution >= 4 is 17.7 Å². The fraction of sp³-hybridized carbons (Fsp3) is 0.273. The maximum atomic E-state index is 13.7. The van der Waals surface area contributed by atoms with Crippen LogP contribution < -0.4 is 16.4 Å². The molecule has 104 valence electrons. The van der Waals surface area contributed by atoms with Gasteiger partial charge in [0, 0.05) is 7.05 Å². The lowest BCUT2D eigenvalue weighted by atomic mass is 10.1. The number of hydrogen-bond donors (Lipinski definition) is 3. The number of halogens is 3. The summed E-state index contributed by atoms with van der Waals surface area (Å²) in [5.41, 5.74) is 4.68. The molecule has 1 aromatic rings. The predicted octanol–water partition coefficient (Wildman–Crippen LogP) is 1.79. The minimum Gasteiger partial charge on any atom is -0.351 e. The van der Waals surface area contributed by atoms with E-state index in [1.165, 1.54) is 20.9 Å². The highest BCUT2D eigenvalue weighted by Crippen LogP contribution is 2.28. The zero-order chi connectivity index (χ0) is 14.7. The lowest BCUT2D eigenvalue weighted by Crippen LogP contribution is -2.39. The minimum absolute atomic E-state index is 0.0454. The van der Waals surface area contributed by atoms with Crippen LogP contribution in [0, 0.1) is 31.3 Å². The number of hydrogen-bond acceptors (Lipinski definition) is 2. The fourth-order valence-electron chi connectivity index (χ4n) is 1.41. The highest BCUT2D eigenvalue weighted by Gasteiger charge is 2.21. The molecule has 1 rings (SSSR count). The Balaban J connectivity index is 3.25. The van der Waals surface area contributed by atoms with E-state index < -0.39 is 23.5 Å². The van der Waals surface area contributed by atoms with Gasteiger partial charge in [-0.3, -0.25) is 10.3 Å². The third-order valence-corrected chi connectivity index (χ3v) is 2.58. The first kappa shape index (κ1) is 14.8. The van der Waals surface area contributed by atoms with Gasteiger partial charge in [-0.25, -0.2) is 18.0 Å². The Morgan fingerprint density at radius 3 is 2.16 bits per heavy atom. The largest absolute Gasteiger partial charge is 0.351 e. The van der Waals surface area contributed by atoms with Crippen molar-refractivity contribution in [3.8, 4) is 0 Å². The summed E-state index contributed by atoms with van der Waals surface area (Å²) in [5.74, 6) is -4.42. The van der Waals surface area contributed by atoms with E-state index in [-0.39, 0.29) is 22.8 Å². The number of carbonyl (C=O) groups excluding carboxylic acids is 1. The van der Waals surface area contributed by atoms with Gasteiger partial charge in [0.05, 0.1) is 5.69 Å². The van der Waals surface area contributed by atoms with E-state index in [0.717, 1.165) is 0 Å². The van der Waals surface area contributed by atoms with Gasteiger partial charge in [-0.05, 0) is 25.0 Å². The zero-order valence-corrected chi connectivity index (χ0v) is 10.6. The summed E-state index contributed by atoms with van der Waals surface area (Å²) in [6.07, 6.45) is 0. The average Bonchev–Trinajstić information content (AvgIpc) is 2.37. The van der Waals surface area contributed by atoms with Crippen molar-refractivity contribution in [3.05, 3.63) is 28.6 Å². The molecule has 0 saturated carbocycles. The summed E-state index contributed by atoms with van der Waals surface area (Å²) < 4.78 is 40.3. The number of primary amides is 1. The first-order valence-corrected chi connectivity index (χ1v) is 5.23. The molecule has 0 aliphatic heterocycles. The van der Waals surface area contributed by atoms with Crippen LogP contribution in [-0.2, 0) is 0 Å². The molecule has 0 aliphatic rings. The topological polar surface area (TPSA) is 79.5 Å². The molecule has 1 aromatic carbocycles. The quantitative estimate of drug-likeness (QED) is 0.414. The van der Waals surface area contributed by atoms with Crippen LogP contribution in [0.1, 0.15) is 11.1 Å². The summed E-state index contributed by atoms with van der Waals surface area (Å²) in [5, 5.41) is 4.44. The molecule has 19 heavy (non-hydrogen) atoms. The van der Waals surface area contributed by atoms with E-state index >= 15 is 0 Å². The number of benzene rings is 1. The maximum Gasteiger partial charge on any atom is 0.318 e. The molecular formula is C11H13F3N4O. The van der Waals surface area contributed by atoms with Crippen molar-refractivity contribution in [3.63, 3.8) is 0 Å². The Hall–Kier alpha value is -2.25. The molecule has 0 atom stereocenters. The van der Waals surface area contributed by atoms with E-state index in [1.807, 2.05) is 0 Å². The number of anilines is 1. The van der Waals surface area contributed by atoms with Crippen LogP contribution in [0.4, 0.5) is 23.7 Å². The first-order chi connectivity index (χ1) is 8.79. The van der Waals surface area contributed by atoms with Crippen molar-refractivity contribution in [2.75, 3.05) is 12.4 Å². The standard InChI is InChI=1S/C11H13F3N4O/c1-4-5(2)9(8(14)7(13)6(4)12)17-11(16-3)18-10(15)19/h1-3H3,(H4,15,16,17,18,19). The predicted molar refractivity (Wildman–Crippen MR) is 65.5 cm³/mol. The summed E-state index contributed by atoms with van der Waals surface area (Å²) in [4.78, 5) is 14.3. The number of nitrogens with one attached hydrogen (secondary N) is 2. The second-order valence-electron chi connectivity index (χ2n) is 3.75. The minimum atomic E-state index is -1.60. The number of carbonyl (C=O) groups is 1. The van der Waals surface area contributed by atoms with Crippen LogP contribution in [0.15, 0.2) is 4.99 Å². The van der Waals surface area contributed by atoms with E-state index in [1.54, 1.807) is 0 Å². The lowest BCUT2D eigenvalue weighted by molar-refractivity contribution is 0.253. The first-order valence-electron chi connectivity index (χ1n) is 5.23. The van der Waals surface area contributed by atoms with Gasteiger partial charge >= 0.3 is 6.03 Å². The summed E-state index contributed by atoms with van der Waals surface area (Å²) in [7, 11) is 1.30. The van der Waals surface area contributed by atoms with Gasteiger partial charge in [-0.15, -0.1) is 0 Å². The fourth-order valence-corrected chi connectivity index (χ4v) is 1.41. The van der Waals surface area contributed by atoms with Crippen LogP contribution in [0.5, 0.6) is 0 Å². The third-order valence-electron chi connectivity index (χ3n) is 2.58. The Morgan fingerprint density at radius 1 is 1.11 bits per heavy atom. The second kappa shape index (κ2) is 5.59. The number of amides is 2. The molecule has 4 N–H and O–H groups in total. The van der Waals surface area contributed by atoms with Gasteiger partial charge in [-0.1, -0.05) is 0 Å². The molecule has 0 heterocycles. The van der Waals surface area contributed by atoms with Crippen LogP contribution in [-0.4, -0.2) is 19.0 Å².